The maximum Gasteiger partial charge on any atom is 0.00104 e. The second-order valence-electron chi connectivity index (χ2n) is 4.33. The van der Waals surface area contributed by atoms with Crippen LogP contribution in [-0.4, -0.2) is 31.1 Å². The minimum Gasteiger partial charge on any atom is -0.328 e. The lowest BCUT2D eigenvalue weighted by Crippen LogP contribution is -2.16. The summed E-state index contributed by atoms with van der Waals surface area (Å²) < 4.78 is 0. The molecule has 1 rings (SSSR count). The monoisotopic (exact) mass is 170 g/mol. The minimum atomic E-state index is 0.393. The molecule has 0 aliphatic carbocycles. The second kappa shape index (κ2) is 4.83. The maximum absolute atomic E-state index is 5.69. The van der Waals surface area contributed by atoms with Gasteiger partial charge in [-0.2, -0.15) is 0 Å². The van der Waals surface area contributed by atoms with E-state index < -0.39 is 0 Å². The Balaban J connectivity index is 2.00. The summed E-state index contributed by atoms with van der Waals surface area (Å²) in [5.74, 6) is 0.953. The Morgan fingerprint density at radius 2 is 2.33 bits per heavy atom. The topological polar surface area (TPSA) is 29.3 Å². The van der Waals surface area contributed by atoms with Crippen LogP contribution in [0.5, 0.6) is 0 Å². The van der Waals surface area contributed by atoms with Crippen molar-refractivity contribution < 1.29 is 0 Å². The van der Waals surface area contributed by atoms with E-state index in [4.69, 9.17) is 5.73 Å². The molecule has 1 aliphatic rings. The summed E-state index contributed by atoms with van der Waals surface area (Å²) in [6.07, 6.45) is 5.29. The van der Waals surface area contributed by atoms with E-state index in [1.807, 2.05) is 0 Å². The first-order valence-corrected chi connectivity index (χ1v) is 5.12. The molecule has 1 heterocycles. The molecular weight excluding hydrogens is 148 g/mol. The highest BCUT2D eigenvalue weighted by Crippen LogP contribution is 2.20. The van der Waals surface area contributed by atoms with Gasteiger partial charge in [-0.25, -0.2) is 0 Å². The van der Waals surface area contributed by atoms with Gasteiger partial charge in [-0.15, -0.1) is 0 Å². The van der Waals surface area contributed by atoms with Gasteiger partial charge < -0.3 is 10.6 Å². The maximum atomic E-state index is 5.69. The lowest BCUT2D eigenvalue weighted by molar-refractivity contribution is 0.381. The predicted molar refractivity (Wildman–Crippen MR) is 53.1 cm³/mol. The summed E-state index contributed by atoms with van der Waals surface area (Å²) in [6, 6.07) is 0.393. The number of likely N-dealkylation sites (tertiary alicyclic amines) is 1. The molecule has 2 heteroatoms. The Morgan fingerprint density at radius 3 is 2.83 bits per heavy atom. The molecular formula is C10H22N2. The molecule has 0 bridgehead atoms. The molecule has 1 saturated heterocycles. The van der Waals surface area contributed by atoms with Crippen molar-refractivity contribution in [3.05, 3.63) is 0 Å². The molecule has 0 amide bonds. The van der Waals surface area contributed by atoms with Crippen molar-refractivity contribution in [1.29, 1.82) is 0 Å². The van der Waals surface area contributed by atoms with Crippen molar-refractivity contribution in [2.45, 2.75) is 38.6 Å². The number of rotatable bonds is 4. The normalized spacial score (nSPS) is 27.8. The number of nitrogens with zero attached hydrogens (tertiary/aromatic N) is 1. The van der Waals surface area contributed by atoms with Crippen molar-refractivity contribution in [2.75, 3.05) is 20.1 Å². The molecule has 2 unspecified atom stereocenters. The molecule has 0 aromatic rings. The van der Waals surface area contributed by atoms with Gasteiger partial charge >= 0.3 is 0 Å². The van der Waals surface area contributed by atoms with Crippen LogP contribution in [0.25, 0.3) is 0 Å². The van der Waals surface area contributed by atoms with Gasteiger partial charge in [0, 0.05) is 12.6 Å². The molecule has 2 nitrogen and oxygen atoms in total. The Bertz CT molecular complexity index is 123. The molecule has 1 fully saturated rings. The summed E-state index contributed by atoms with van der Waals surface area (Å²) in [5, 5.41) is 0. The fraction of sp³-hybridized carbons (Fsp3) is 1.00. The fourth-order valence-corrected chi connectivity index (χ4v) is 1.99. The third kappa shape index (κ3) is 3.55. The van der Waals surface area contributed by atoms with Crippen LogP contribution in [0.15, 0.2) is 0 Å². The van der Waals surface area contributed by atoms with E-state index in [0.29, 0.717) is 6.04 Å². The van der Waals surface area contributed by atoms with Gasteiger partial charge in [0.15, 0.2) is 0 Å². The SMILES string of the molecule is CC(N)CCCC1CCN(C)C1. The van der Waals surface area contributed by atoms with Crippen LogP contribution in [-0.2, 0) is 0 Å². The summed E-state index contributed by atoms with van der Waals surface area (Å²) in [5.41, 5.74) is 5.69. The zero-order valence-corrected chi connectivity index (χ0v) is 8.42. The second-order valence-corrected chi connectivity index (χ2v) is 4.33. The first kappa shape index (κ1) is 10.0. The van der Waals surface area contributed by atoms with Crippen molar-refractivity contribution in [1.82, 2.24) is 4.90 Å². The Morgan fingerprint density at radius 1 is 1.58 bits per heavy atom. The van der Waals surface area contributed by atoms with Gasteiger partial charge in [-0.05, 0) is 45.7 Å². The first-order chi connectivity index (χ1) is 5.68. The van der Waals surface area contributed by atoms with Crippen molar-refractivity contribution in [3.63, 3.8) is 0 Å². The average molecular weight is 170 g/mol. The third-order valence-corrected chi connectivity index (χ3v) is 2.76. The van der Waals surface area contributed by atoms with E-state index in [9.17, 15) is 0 Å². The fourth-order valence-electron chi connectivity index (χ4n) is 1.99. The van der Waals surface area contributed by atoms with Gasteiger partial charge in [-0.3, -0.25) is 0 Å². The quantitative estimate of drug-likeness (QED) is 0.692. The number of nitrogens with two attached hydrogens (primary N) is 1. The minimum absolute atomic E-state index is 0.393. The lowest BCUT2D eigenvalue weighted by atomic mass is 10.00. The van der Waals surface area contributed by atoms with Crippen LogP contribution >= 0.6 is 0 Å². The Hall–Kier alpha value is -0.0800. The van der Waals surface area contributed by atoms with Crippen LogP contribution < -0.4 is 5.73 Å². The van der Waals surface area contributed by atoms with Gasteiger partial charge in [0.2, 0.25) is 0 Å². The van der Waals surface area contributed by atoms with Crippen LogP contribution in [0, 0.1) is 5.92 Å². The van der Waals surface area contributed by atoms with Gasteiger partial charge in [-0.1, -0.05) is 6.42 Å². The standard InChI is InChI=1S/C10H22N2/c1-9(11)4-3-5-10-6-7-12(2)8-10/h9-10H,3-8,11H2,1-2H3. The molecule has 1 aliphatic heterocycles. The van der Waals surface area contributed by atoms with Crippen molar-refractivity contribution in [3.8, 4) is 0 Å². The van der Waals surface area contributed by atoms with E-state index in [1.165, 1.54) is 38.8 Å². The van der Waals surface area contributed by atoms with E-state index in [2.05, 4.69) is 18.9 Å². The summed E-state index contributed by atoms with van der Waals surface area (Å²) in [7, 11) is 2.21. The summed E-state index contributed by atoms with van der Waals surface area (Å²) in [6.45, 7) is 4.70. The highest BCUT2D eigenvalue weighted by Gasteiger charge is 2.18. The van der Waals surface area contributed by atoms with E-state index >= 15 is 0 Å². The van der Waals surface area contributed by atoms with E-state index in [1.54, 1.807) is 0 Å². The van der Waals surface area contributed by atoms with Crippen molar-refractivity contribution in [2.24, 2.45) is 11.7 Å². The number of hydrogen-bond acceptors (Lipinski definition) is 2. The molecule has 2 atom stereocenters. The number of hydrogen-bond donors (Lipinski definition) is 1. The molecule has 2 N–H and O–H groups in total. The van der Waals surface area contributed by atoms with E-state index in [-0.39, 0.29) is 0 Å². The molecule has 0 saturated carbocycles. The van der Waals surface area contributed by atoms with Crippen molar-refractivity contribution >= 4 is 0 Å². The lowest BCUT2D eigenvalue weighted by Gasteiger charge is -2.10. The summed E-state index contributed by atoms with van der Waals surface area (Å²) in [4.78, 5) is 2.43. The third-order valence-electron chi connectivity index (χ3n) is 2.76. The van der Waals surface area contributed by atoms with Gasteiger partial charge in [0.1, 0.15) is 0 Å². The van der Waals surface area contributed by atoms with E-state index in [0.717, 1.165) is 5.92 Å². The first-order valence-electron chi connectivity index (χ1n) is 5.12. The zero-order chi connectivity index (χ0) is 8.97. The van der Waals surface area contributed by atoms with Crippen LogP contribution in [0.1, 0.15) is 32.6 Å². The largest absolute Gasteiger partial charge is 0.328 e. The molecule has 0 aromatic carbocycles. The molecule has 0 radical (unpaired) electrons. The smallest absolute Gasteiger partial charge is 0.00104 e. The molecule has 0 spiro atoms. The molecule has 72 valence electrons. The van der Waals surface area contributed by atoms with Gasteiger partial charge in [0.25, 0.3) is 0 Å². The highest BCUT2D eigenvalue weighted by molar-refractivity contribution is 4.73. The van der Waals surface area contributed by atoms with Gasteiger partial charge in [0.05, 0.1) is 0 Å². The Kier molecular flexibility index (Phi) is 4.02. The zero-order valence-electron chi connectivity index (χ0n) is 8.42. The predicted octanol–water partition coefficient (Wildman–Crippen LogP) is 1.46. The molecule has 0 aromatic heterocycles. The summed E-state index contributed by atoms with van der Waals surface area (Å²) >= 11 is 0. The molecule has 12 heavy (non-hydrogen) atoms. The van der Waals surface area contributed by atoms with Crippen LogP contribution in [0.2, 0.25) is 0 Å². The van der Waals surface area contributed by atoms with Crippen LogP contribution in [0.3, 0.4) is 0 Å². The Labute approximate surface area is 76.1 Å². The average Bonchev–Trinajstić information content (AvgIpc) is 2.35. The highest BCUT2D eigenvalue weighted by atomic mass is 15.1. The van der Waals surface area contributed by atoms with Crippen LogP contribution in [0.4, 0.5) is 0 Å².